The maximum atomic E-state index is 12.7. The molecule has 0 bridgehead atoms. The second-order valence-corrected chi connectivity index (χ2v) is 15.9. The van der Waals surface area contributed by atoms with Gasteiger partial charge in [-0.2, -0.15) is 0 Å². The Kier molecular flexibility index (Phi) is 36.8. The number of hydrogen-bond acceptors (Lipinski definition) is 7. The average molecular weight is 786 g/mol. The van der Waals surface area contributed by atoms with Crippen molar-refractivity contribution in [3.8, 4) is 0 Å². The quantitative estimate of drug-likeness (QED) is 0.0265. The van der Waals surface area contributed by atoms with Gasteiger partial charge in [-0.05, 0) is 64.2 Å². The van der Waals surface area contributed by atoms with Gasteiger partial charge in [0, 0.05) is 19.3 Å². The van der Waals surface area contributed by atoms with Gasteiger partial charge in [-0.1, -0.05) is 152 Å². The largest absolute Gasteiger partial charge is 0.544 e. The summed E-state index contributed by atoms with van der Waals surface area (Å²) in [6, 6.07) is -0.733. The van der Waals surface area contributed by atoms with E-state index in [-0.39, 0.29) is 49.1 Å². The fourth-order valence-corrected chi connectivity index (χ4v) is 6.25. The highest BCUT2D eigenvalue weighted by Gasteiger charge is 2.25. The third kappa shape index (κ3) is 36.7. The minimum absolute atomic E-state index is 0.0237. The van der Waals surface area contributed by atoms with Gasteiger partial charge in [0.2, 0.25) is 0 Å². The van der Waals surface area contributed by atoms with Gasteiger partial charge in [-0.25, -0.2) is 0 Å². The molecule has 0 rings (SSSR count). The zero-order valence-electron chi connectivity index (χ0n) is 36.5. The maximum absolute atomic E-state index is 12.7. The molecular formula is C48H83NO7. The van der Waals surface area contributed by atoms with Crippen LogP contribution in [0.1, 0.15) is 174 Å². The van der Waals surface area contributed by atoms with Crippen LogP contribution in [0.5, 0.6) is 0 Å². The molecule has 0 aromatic heterocycles. The molecular weight excluding hydrogens is 703 g/mol. The molecule has 0 saturated carbocycles. The minimum atomic E-state index is -1.13. The molecule has 0 N–H and O–H groups in total. The number of quaternary nitrogens is 1. The van der Waals surface area contributed by atoms with Gasteiger partial charge < -0.3 is 28.6 Å². The number of esters is 2. The Bertz CT molecular complexity index is 1100. The summed E-state index contributed by atoms with van der Waals surface area (Å²) >= 11 is 0. The third-order valence-electron chi connectivity index (χ3n) is 9.65. The first-order chi connectivity index (χ1) is 27.1. The van der Waals surface area contributed by atoms with E-state index in [0.29, 0.717) is 12.8 Å². The normalized spacial score (nSPS) is 13.5. The lowest BCUT2D eigenvalue weighted by Gasteiger charge is -2.34. The van der Waals surface area contributed by atoms with Gasteiger partial charge in [-0.15, -0.1) is 0 Å². The highest BCUT2D eigenvalue weighted by atomic mass is 16.6. The van der Waals surface area contributed by atoms with Gasteiger partial charge >= 0.3 is 11.9 Å². The molecule has 2 atom stereocenters. The van der Waals surface area contributed by atoms with E-state index >= 15 is 0 Å². The molecule has 0 amide bonds. The summed E-state index contributed by atoms with van der Waals surface area (Å²) in [5.41, 5.74) is 0. The smallest absolute Gasteiger partial charge is 0.306 e. The monoisotopic (exact) mass is 786 g/mol. The zero-order valence-corrected chi connectivity index (χ0v) is 36.5. The molecule has 0 spiro atoms. The van der Waals surface area contributed by atoms with Crippen molar-refractivity contribution < 1.29 is 38.2 Å². The molecule has 2 unspecified atom stereocenters. The van der Waals surface area contributed by atoms with Gasteiger partial charge in [0.15, 0.2) is 6.10 Å². The molecule has 0 aliphatic rings. The number of ether oxygens (including phenoxy) is 3. The number of unbranched alkanes of at least 4 members (excludes halogenated alkanes) is 15. The second kappa shape index (κ2) is 38.9. The van der Waals surface area contributed by atoms with Gasteiger partial charge in [-0.3, -0.25) is 9.59 Å². The number of likely N-dealkylation sites (N-methyl/N-ethyl adjacent to an activating group) is 1. The predicted molar refractivity (Wildman–Crippen MR) is 231 cm³/mol. The van der Waals surface area contributed by atoms with Gasteiger partial charge in [0.1, 0.15) is 12.6 Å². The van der Waals surface area contributed by atoms with Gasteiger partial charge in [0.25, 0.3) is 0 Å². The molecule has 56 heavy (non-hydrogen) atoms. The molecule has 8 heteroatoms. The third-order valence-corrected chi connectivity index (χ3v) is 9.65. The summed E-state index contributed by atoms with van der Waals surface area (Å²) in [6.45, 7) is 4.38. The van der Waals surface area contributed by atoms with Crippen molar-refractivity contribution in [3.63, 3.8) is 0 Å². The van der Waals surface area contributed by atoms with Gasteiger partial charge in [0.05, 0.1) is 40.3 Å². The van der Waals surface area contributed by atoms with Crippen molar-refractivity contribution >= 4 is 17.9 Å². The van der Waals surface area contributed by atoms with Crippen molar-refractivity contribution in [2.24, 2.45) is 0 Å². The molecule has 0 aromatic rings. The number of carboxylic acid groups (broad SMARTS) is 1. The van der Waals surface area contributed by atoms with Crippen LogP contribution in [0.15, 0.2) is 60.8 Å². The average Bonchev–Trinajstić information content (AvgIpc) is 3.15. The minimum Gasteiger partial charge on any atom is -0.544 e. The van der Waals surface area contributed by atoms with Crippen LogP contribution >= 0.6 is 0 Å². The van der Waals surface area contributed by atoms with E-state index in [9.17, 15) is 19.5 Å². The standard InChI is InChI=1S/C48H83NO7/c1-6-8-10-12-14-16-18-19-20-21-22-23-24-25-26-27-29-31-33-35-37-39-47(51)56-44(42-54-41-40-45(48(52)53)49(3,4)5)43-55-46(50)38-36-34-32-30-28-17-15-13-11-9-7-2/h8-11,14-17,30,32,44-45H,6-7,12-13,18-29,31,33-43H2,1-5H3/b10-8+,11-9+,16-14+,17-15+,32-30+. The number of carboxylic acids is 1. The van der Waals surface area contributed by atoms with Crippen LogP contribution in [0.25, 0.3) is 0 Å². The topological polar surface area (TPSA) is 102 Å². The van der Waals surface area contributed by atoms with Crippen molar-refractivity contribution in [2.75, 3.05) is 41.0 Å². The number of nitrogens with zero attached hydrogens (tertiary/aromatic N) is 1. The van der Waals surface area contributed by atoms with Crippen LogP contribution < -0.4 is 5.11 Å². The lowest BCUT2D eigenvalue weighted by Crippen LogP contribution is -2.55. The van der Waals surface area contributed by atoms with Crippen LogP contribution in [0.4, 0.5) is 0 Å². The first kappa shape index (κ1) is 53.0. The number of carbonyl (C=O) groups is 3. The second-order valence-electron chi connectivity index (χ2n) is 15.9. The zero-order chi connectivity index (χ0) is 41.4. The van der Waals surface area contributed by atoms with Crippen molar-refractivity contribution in [1.82, 2.24) is 0 Å². The Hall–Kier alpha value is -2.97. The summed E-state index contributed by atoms with van der Waals surface area (Å²) in [4.78, 5) is 36.8. The van der Waals surface area contributed by atoms with E-state index in [1.54, 1.807) is 21.1 Å². The molecule has 0 saturated heterocycles. The molecule has 0 heterocycles. The molecule has 0 aliphatic carbocycles. The molecule has 0 aromatic carbocycles. The Labute approximate surface area is 343 Å². The fourth-order valence-electron chi connectivity index (χ4n) is 6.25. The van der Waals surface area contributed by atoms with Crippen LogP contribution in [-0.2, 0) is 28.6 Å². The van der Waals surface area contributed by atoms with E-state index in [0.717, 1.165) is 57.8 Å². The lowest BCUT2D eigenvalue weighted by atomic mass is 10.0. The summed E-state index contributed by atoms with van der Waals surface area (Å²) in [5, 5.41) is 11.6. The van der Waals surface area contributed by atoms with E-state index < -0.39 is 18.1 Å². The number of carbonyl (C=O) groups excluding carboxylic acids is 3. The fraction of sp³-hybridized carbons (Fsp3) is 0.729. The highest BCUT2D eigenvalue weighted by Crippen LogP contribution is 2.15. The molecule has 322 valence electrons. The van der Waals surface area contributed by atoms with Crippen molar-refractivity contribution in [2.45, 2.75) is 187 Å². The van der Waals surface area contributed by atoms with Crippen molar-refractivity contribution in [1.29, 1.82) is 0 Å². The van der Waals surface area contributed by atoms with Crippen LogP contribution in [0.2, 0.25) is 0 Å². The van der Waals surface area contributed by atoms with Crippen LogP contribution in [-0.4, -0.2) is 75.5 Å². The van der Waals surface area contributed by atoms with E-state index in [2.05, 4.69) is 74.6 Å². The van der Waals surface area contributed by atoms with E-state index in [4.69, 9.17) is 14.2 Å². The summed E-state index contributed by atoms with van der Waals surface area (Å²) in [7, 11) is 5.39. The molecule has 0 fully saturated rings. The number of aliphatic carboxylic acids is 1. The summed E-state index contributed by atoms with van der Waals surface area (Å²) in [6.07, 6.45) is 47.0. The lowest BCUT2D eigenvalue weighted by molar-refractivity contribution is -0.889. The van der Waals surface area contributed by atoms with E-state index in [1.165, 1.54) is 77.0 Å². The Morgan fingerprint density at radius 1 is 0.536 bits per heavy atom. The van der Waals surface area contributed by atoms with Crippen LogP contribution in [0.3, 0.4) is 0 Å². The number of hydrogen-bond donors (Lipinski definition) is 0. The molecule has 8 nitrogen and oxygen atoms in total. The molecule has 0 aliphatic heterocycles. The Morgan fingerprint density at radius 3 is 1.45 bits per heavy atom. The number of rotatable bonds is 39. The number of allylic oxidation sites excluding steroid dienone is 10. The summed E-state index contributed by atoms with van der Waals surface area (Å²) < 4.78 is 17.1. The first-order valence-electron chi connectivity index (χ1n) is 22.3. The van der Waals surface area contributed by atoms with E-state index in [1.807, 2.05) is 0 Å². The SMILES string of the molecule is CC/C=C/C/C=C/C/C=C/CCCC(=O)OCC(COCCC(C(=O)[O-])[N+](C)(C)C)OC(=O)CCCCCCCCCCCCCCCC/C=C/C/C=C/CC. The Balaban J connectivity index is 4.28. The van der Waals surface area contributed by atoms with Crippen LogP contribution in [0, 0.1) is 0 Å². The predicted octanol–water partition coefficient (Wildman–Crippen LogP) is 10.9. The molecule has 0 radical (unpaired) electrons. The maximum Gasteiger partial charge on any atom is 0.306 e. The Morgan fingerprint density at radius 2 is 0.964 bits per heavy atom. The first-order valence-corrected chi connectivity index (χ1v) is 22.3. The summed E-state index contributed by atoms with van der Waals surface area (Å²) in [5.74, 6) is -1.81. The van der Waals surface area contributed by atoms with Crippen molar-refractivity contribution in [3.05, 3.63) is 60.8 Å². The highest BCUT2D eigenvalue weighted by molar-refractivity contribution is 5.70.